The molecule has 0 radical (unpaired) electrons. The van der Waals surface area contributed by atoms with Crippen molar-refractivity contribution in [3.05, 3.63) is 54.6 Å². The normalized spacial score (nSPS) is 16.7. The summed E-state index contributed by atoms with van der Waals surface area (Å²) in [7, 11) is 0. The van der Waals surface area contributed by atoms with Gasteiger partial charge in [0.2, 0.25) is 0 Å². The molecular weight excluding hydrogens is 440 g/mol. The molecule has 4 aromatic rings. The molecule has 35 heavy (non-hydrogen) atoms. The highest BCUT2D eigenvalue weighted by molar-refractivity contribution is 5.81. The van der Waals surface area contributed by atoms with Crippen molar-refractivity contribution in [3.8, 4) is 11.1 Å². The molecule has 0 aromatic carbocycles. The van der Waals surface area contributed by atoms with E-state index < -0.39 is 0 Å². The second-order valence-corrected chi connectivity index (χ2v) is 9.42. The van der Waals surface area contributed by atoms with E-state index in [1.165, 1.54) is 0 Å². The number of rotatable bonds is 8. The second kappa shape index (κ2) is 10.5. The molecule has 4 aromatic heterocycles. The van der Waals surface area contributed by atoms with E-state index in [0.717, 1.165) is 67.0 Å². The zero-order chi connectivity index (χ0) is 24.2. The summed E-state index contributed by atoms with van der Waals surface area (Å²) in [5.41, 5.74) is 4.82. The maximum Gasteiger partial charge on any atom is 0.154 e. The van der Waals surface area contributed by atoms with E-state index in [1.54, 1.807) is 6.20 Å². The predicted molar refractivity (Wildman–Crippen MR) is 137 cm³/mol. The quantitative estimate of drug-likeness (QED) is 0.407. The molecule has 0 amide bonds. The molecule has 0 unspecified atom stereocenters. The molecule has 1 aliphatic heterocycles. The molecule has 0 aliphatic carbocycles. The summed E-state index contributed by atoms with van der Waals surface area (Å²) in [6.45, 7) is 11.1. The van der Waals surface area contributed by atoms with Gasteiger partial charge in [0.25, 0.3) is 0 Å². The van der Waals surface area contributed by atoms with E-state index in [-0.39, 0.29) is 0 Å². The average Bonchev–Trinajstić information content (AvgIpc) is 3.34. The Kier molecular flexibility index (Phi) is 6.96. The van der Waals surface area contributed by atoms with Crippen LogP contribution < -0.4 is 5.32 Å². The van der Waals surface area contributed by atoms with Crippen LogP contribution in [-0.4, -0.2) is 67.2 Å². The fourth-order valence-electron chi connectivity index (χ4n) is 4.29. The van der Waals surface area contributed by atoms with Crippen LogP contribution >= 0.6 is 0 Å². The molecule has 0 spiro atoms. The fourth-order valence-corrected chi connectivity index (χ4v) is 4.29. The van der Waals surface area contributed by atoms with Crippen LogP contribution in [0.15, 0.2) is 49.1 Å². The van der Waals surface area contributed by atoms with Crippen molar-refractivity contribution >= 4 is 22.7 Å². The van der Waals surface area contributed by atoms with Crippen molar-refractivity contribution in [3.63, 3.8) is 0 Å². The lowest BCUT2D eigenvalue weighted by Gasteiger charge is -2.33. The second-order valence-electron chi connectivity index (χ2n) is 9.42. The van der Waals surface area contributed by atoms with Crippen LogP contribution in [0.2, 0.25) is 0 Å². The monoisotopic (exact) mass is 472 g/mol. The summed E-state index contributed by atoms with van der Waals surface area (Å²) < 4.78 is 7.54. The van der Waals surface area contributed by atoms with Crippen LogP contribution in [0.1, 0.15) is 38.7 Å². The summed E-state index contributed by atoms with van der Waals surface area (Å²) in [5.74, 6) is 1.77. The van der Waals surface area contributed by atoms with Gasteiger partial charge in [-0.1, -0.05) is 13.8 Å². The molecule has 1 aliphatic rings. The summed E-state index contributed by atoms with van der Waals surface area (Å²) >= 11 is 0. The zero-order valence-corrected chi connectivity index (χ0v) is 20.6. The molecule has 1 fully saturated rings. The lowest BCUT2D eigenvalue weighted by Crippen LogP contribution is -2.44. The van der Waals surface area contributed by atoms with Crippen molar-refractivity contribution in [2.45, 2.75) is 45.7 Å². The minimum absolute atomic E-state index is 0.381. The molecule has 1 N–H and O–H groups in total. The van der Waals surface area contributed by atoms with Crippen molar-refractivity contribution in [2.24, 2.45) is 0 Å². The first-order valence-corrected chi connectivity index (χ1v) is 12.3. The Bertz CT molecular complexity index is 1290. The minimum Gasteiger partial charge on any atom is -0.379 e. The number of hydrogen-bond donors (Lipinski definition) is 1. The zero-order valence-electron chi connectivity index (χ0n) is 20.6. The Morgan fingerprint density at radius 1 is 1.06 bits per heavy atom. The van der Waals surface area contributed by atoms with Crippen molar-refractivity contribution in [1.82, 2.24) is 34.8 Å². The highest BCUT2D eigenvalue weighted by Gasteiger charge is 2.18. The summed E-state index contributed by atoms with van der Waals surface area (Å²) in [4.78, 5) is 11.9. The number of anilines is 2. The van der Waals surface area contributed by atoms with Gasteiger partial charge in [-0.3, -0.25) is 14.6 Å². The lowest BCUT2D eigenvalue weighted by atomic mass is 10.1. The van der Waals surface area contributed by atoms with Crippen LogP contribution in [-0.2, 0) is 11.3 Å². The predicted octanol–water partition coefficient (Wildman–Crippen LogP) is 4.26. The van der Waals surface area contributed by atoms with Crippen LogP contribution in [0.5, 0.6) is 0 Å². The van der Waals surface area contributed by atoms with Crippen molar-refractivity contribution < 1.29 is 4.74 Å². The number of aromatic nitrogens is 6. The van der Waals surface area contributed by atoms with Gasteiger partial charge in [0.05, 0.1) is 36.6 Å². The smallest absolute Gasteiger partial charge is 0.154 e. The SMILES string of the molecule is CC(C)c1cnnc(Nc2ccc3ncc(-c4cnn(CCCN5CCOC[C@@H]5C)c4)cc3n2)c1. The van der Waals surface area contributed by atoms with E-state index in [4.69, 9.17) is 9.72 Å². The topological polar surface area (TPSA) is 93.9 Å². The molecule has 1 atom stereocenters. The van der Waals surface area contributed by atoms with E-state index in [0.29, 0.717) is 23.6 Å². The number of nitrogens with zero attached hydrogens (tertiary/aromatic N) is 7. The summed E-state index contributed by atoms with van der Waals surface area (Å²) in [6.07, 6.45) is 8.71. The molecule has 0 bridgehead atoms. The molecule has 0 saturated carbocycles. The molecule has 9 nitrogen and oxygen atoms in total. The van der Waals surface area contributed by atoms with Crippen molar-refractivity contribution in [2.75, 3.05) is 31.6 Å². The third-order valence-electron chi connectivity index (χ3n) is 6.44. The van der Waals surface area contributed by atoms with Crippen molar-refractivity contribution in [1.29, 1.82) is 0 Å². The highest BCUT2D eigenvalue weighted by atomic mass is 16.5. The molecular formula is C26H32N8O. The maximum atomic E-state index is 5.53. The lowest BCUT2D eigenvalue weighted by molar-refractivity contribution is -0.00119. The Labute approximate surface area is 205 Å². The van der Waals surface area contributed by atoms with E-state index in [1.807, 2.05) is 35.3 Å². The number of hydrogen-bond acceptors (Lipinski definition) is 8. The van der Waals surface area contributed by atoms with E-state index in [9.17, 15) is 0 Å². The van der Waals surface area contributed by atoms with E-state index in [2.05, 4.69) is 63.5 Å². The molecule has 1 saturated heterocycles. The van der Waals surface area contributed by atoms with Gasteiger partial charge in [0.1, 0.15) is 5.82 Å². The van der Waals surface area contributed by atoms with E-state index >= 15 is 0 Å². The first-order chi connectivity index (χ1) is 17.0. The Hall–Kier alpha value is -3.43. The first kappa shape index (κ1) is 23.3. The standard InChI is InChI=1S/C26H32N8O/c1-18(2)20-12-26(32-28-14-20)31-25-6-5-23-24(30-25)11-21(13-27-23)22-15-29-34(16-22)8-4-7-33-9-10-35-17-19(33)3/h5-6,11-16,18-19H,4,7-10,17H2,1-3H3,(H,30,31,32)/t19-/m0/s1. The molecule has 5 rings (SSSR count). The van der Waals surface area contributed by atoms with Crippen LogP contribution in [0.3, 0.4) is 0 Å². The Morgan fingerprint density at radius 2 is 1.97 bits per heavy atom. The van der Waals surface area contributed by atoms with Gasteiger partial charge in [-0.25, -0.2) is 4.98 Å². The fraction of sp³-hybridized carbons (Fsp3) is 0.423. The first-order valence-electron chi connectivity index (χ1n) is 12.3. The van der Waals surface area contributed by atoms with Gasteiger partial charge in [-0.05, 0) is 49.1 Å². The van der Waals surface area contributed by atoms with Gasteiger partial charge in [0, 0.05) is 49.2 Å². The number of aryl methyl sites for hydroxylation is 1. The van der Waals surface area contributed by atoms with Gasteiger partial charge in [0.15, 0.2) is 5.82 Å². The Balaban J connectivity index is 1.27. The van der Waals surface area contributed by atoms with Gasteiger partial charge >= 0.3 is 0 Å². The number of fused-ring (bicyclic) bond motifs is 1. The van der Waals surface area contributed by atoms with Crippen LogP contribution in [0, 0.1) is 0 Å². The summed E-state index contributed by atoms with van der Waals surface area (Å²) in [5, 5.41) is 16.1. The number of morpholine rings is 1. The maximum absolute atomic E-state index is 5.53. The van der Waals surface area contributed by atoms with Crippen LogP contribution in [0.4, 0.5) is 11.6 Å². The Morgan fingerprint density at radius 3 is 2.83 bits per heavy atom. The number of nitrogens with one attached hydrogen (secondary N) is 1. The highest BCUT2D eigenvalue weighted by Crippen LogP contribution is 2.24. The molecule has 182 valence electrons. The molecule has 5 heterocycles. The largest absolute Gasteiger partial charge is 0.379 e. The van der Waals surface area contributed by atoms with Gasteiger partial charge in [-0.2, -0.15) is 10.2 Å². The van der Waals surface area contributed by atoms with Crippen LogP contribution in [0.25, 0.3) is 22.2 Å². The summed E-state index contributed by atoms with van der Waals surface area (Å²) in [6, 6.07) is 8.42. The molecule has 9 heteroatoms. The van der Waals surface area contributed by atoms with Gasteiger partial charge in [-0.15, -0.1) is 5.10 Å². The number of pyridine rings is 2. The number of ether oxygens (including phenoxy) is 1. The van der Waals surface area contributed by atoms with Gasteiger partial charge < -0.3 is 10.1 Å². The third kappa shape index (κ3) is 5.63. The minimum atomic E-state index is 0.381. The average molecular weight is 473 g/mol. The third-order valence-corrected chi connectivity index (χ3v) is 6.44.